The second-order valence-corrected chi connectivity index (χ2v) is 6.05. The van der Waals surface area contributed by atoms with Gasteiger partial charge in [-0.05, 0) is 41.4 Å². The fourth-order valence-electron chi connectivity index (χ4n) is 1.90. The lowest BCUT2D eigenvalue weighted by Crippen LogP contribution is -2.01. The average molecular weight is 309 g/mol. The number of carbonyl (C=O) groups is 1. The maximum atomic E-state index is 12.0. The summed E-state index contributed by atoms with van der Waals surface area (Å²) in [5.41, 5.74) is 3.51. The molecule has 2 aromatic rings. The Labute approximate surface area is 114 Å². The largest absolute Gasteiger partial charge is 0.293 e. The van der Waals surface area contributed by atoms with Gasteiger partial charge in [0.1, 0.15) is 0 Å². The van der Waals surface area contributed by atoms with Crippen LogP contribution in [0.5, 0.6) is 0 Å². The predicted molar refractivity (Wildman–Crippen MR) is 76.0 cm³/mol. The van der Waals surface area contributed by atoms with Crippen molar-refractivity contribution < 1.29 is 4.79 Å². The van der Waals surface area contributed by atoms with Gasteiger partial charge in [-0.3, -0.25) is 4.79 Å². The molecular weight excluding hydrogens is 296 g/mol. The quantitative estimate of drug-likeness (QED) is 0.760. The highest BCUT2D eigenvalue weighted by Gasteiger charge is 2.10. The smallest absolute Gasteiger partial charge is 0.177 e. The van der Waals surface area contributed by atoms with E-state index in [1.807, 2.05) is 11.4 Å². The van der Waals surface area contributed by atoms with Gasteiger partial charge in [0, 0.05) is 16.3 Å². The molecule has 0 aliphatic rings. The Hall–Kier alpha value is -0.930. The number of hydrogen-bond donors (Lipinski definition) is 0. The minimum atomic E-state index is 0.186. The molecule has 0 bridgehead atoms. The molecule has 0 radical (unpaired) electrons. The first-order valence-electron chi connectivity index (χ1n) is 5.39. The molecule has 1 aromatic carbocycles. The van der Waals surface area contributed by atoms with E-state index in [0.717, 1.165) is 14.9 Å². The highest BCUT2D eigenvalue weighted by Crippen LogP contribution is 2.21. The first-order chi connectivity index (χ1) is 8.04. The molecule has 0 fully saturated rings. The van der Waals surface area contributed by atoms with Crippen LogP contribution in [0.25, 0.3) is 0 Å². The van der Waals surface area contributed by atoms with Gasteiger partial charge in [0.25, 0.3) is 0 Å². The maximum absolute atomic E-state index is 12.0. The Morgan fingerprint density at radius 3 is 2.35 bits per heavy atom. The summed E-state index contributed by atoms with van der Waals surface area (Å²) in [6.07, 6.45) is 0.482. The number of hydrogen-bond acceptors (Lipinski definition) is 2. The molecule has 0 unspecified atom stereocenters. The number of carbonyl (C=O) groups excluding carboxylic acids is 1. The predicted octanol–water partition coefficient (Wildman–Crippen LogP) is 4.55. The van der Waals surface area contributed by atoms with E-state index in [9.17, 15) is 4.79 Å². The minimum absolute atomic E-state index is 0.186. The second kappa shape index (κ2) is 5.15. The van der Waals surface area contributed by atoms with Crippen molar-refractivity contribution in [2.24, 2.45) is 0 Å². The van der Waals surface area contributed by atoms with Crippen LogP contribution >= 0.6 is 27.3 Å². The fourth-order valence-corrected chi connectivity index (χ4v) is 3.27. The van der Waals surface area contributed by atoms with Gasteiger partial charge < -0.3 is 0 Å². The third-order valence-electron chi connectivity index (χ3n) is 2.49. The summed E-state index contributed by atoms with van der Waals surface area (Å²) in [4.78, 5) is 12.9. The van der Waals surface area contributed by atoms with E-state index in [1.165, 1.54) is 22.5 Å². The molecule has 0 aliphatic heterocycles. The Balaban J connectivity index is 2.18. The molecule has 0 N–H and O–H groups in total. The summed E-state index contributed by atoms with van der Waals surface area (Å²) in [6, 6.07) is 8.16. The number of Topliss-reactive ketones (excluding diaryl/α,β-unsaturated/α-hetero) is 1. The molecule has 0 atom stereocenters. The fraction of sp³-hybridized carbons (Fsp3) is 0.214. The summed E-state index contributed by atoms with van der Waals surface area (Å²) in [6.45, 7) is 4.12. The van der Waals surface area contributed by atoms with Gasteiger partial charge in [0.2, 0.25) is 0 Å². The monoisotopic (exact) mass is 308 g/mol. The standard InChI is InChI=1S/C14H13BrOS/c1-9-3-10(2)5-11(4-9)6-13(16)14-7-12(15)8-17-14/h3-5,7-8H,6H2,1-2H3. The van der Waals surface area contributed by atoms with Crippen LogP contribution in [0.4, 0.5) is 0 Å². The van der Waals surface area contributed by atoms with Crippen molar-refractivity contribution >= 4 is 33.0 Å². The molecule has 2 rings (SSSR count). The van der Waals surface area contributed by atoms with E-state index in [0.29, 0.717) is 6.42 Å². The van der Waals surface area contributed by atoms with Crippen molar-refractivity contribution in [1.82, 2.24) is 0 Å². The van der Waals surface area contributed by atoms with Crippen LogP contribution in [0.1, 0.15) is 26.4 Å². The molecule has 1 nitrogen and oxygen atoms in total. The van der Waals surface area contributed by atoms with Crippen molar-refractivity contribution in [3.63, 3.8) is 0 Å². The molecule has 17 heavy (non-hydrogen) atoms. The number of thiophene rings is 1. The second-order valence-electron chi connectivity index (χ2n) is 4.23. The van der Waals surface area contributed by atoms with Crippen LogP contribution in [-0.2, 0) is 6.42 Å². The molecule has 0 amide bonds. The van der Waals surface area contributed by atoms with Crippen LogP contribution in [0.2, 0.25) is 0 Å². The molecule has 1 aromatic heterocycles. The number of benzene rings is 1. The first kappa shape index (κ1) is 12.5. The molecule has 0 aliphatic carbocycles. The van der Waals surface area contributed by atoms with E-state index in [1.54, 1.807) is 0 Å². The van der Waals surface area contributed by atoms with Gasteiger partial charge in [-0.25, -0.2) is 0 Å². The summed E-state index contributed by atoms with van der Waals surface area (Å²) in [7, 11) is 0. The third kappa shape index (κ3) is 3.27. The zero-order valence-electron chi connectivity index (χ0n) is 9.79. The topological polar surface area (TPSA) is 17.1 Å². The normalized spacial score (nSPS) is 10.5. The lowest BCUT2D eigenvalue weighted by Gasteiger charge is -2.03. The minimum Gasteiger partial charge on any atom is -0.293 e. The van der Waals surface area contributed by atoms with Gasteiger partial charge in [-0.2, -0.15) is 0 Å². The van der Waals surface area contributed by atoms with Gasteiger partial charge in [-0.15, -0.1) is 11.3 Å². The van der Waals surface area contributed by atoms with E-state index >= 15 is 0 Å². The number of aryl methyl sites for hydroxylation is 2. The Morgan fingerprint density at radius 2 is 1.82 bits per heavy atom. The molecule has 0 spiro atoms. The Morgan fingerprint density at radius 1 is 1.18 bits per heavy atom. The Kier molecular flexibility index (Phi) is 3.79. The van der Waals surface area contributed by atoms with Crippen LogP contribution in [-0.4, -0.2) is 5.78 Å². The maximum Gasteiger partial charge on any atom is 0.177 e. The third-order valence-corrected chi connectivity index (χ3v) is 4.22. The molecular formula is C14H13BrOS. The summed E-state index contributed by atoms with van der Waals surface area (Å²) in [5, 5.41) is 1.94. The molecule has 88 valence electrons. The van der Waals surface area contributed by atoms with Gasteiger partial charge in [-0.1, -0.05) is 29.3 Å². The molecule has 3 heteroatoms. The van der Waals surface area contributed by atoms with E-state index in [4.69, 9.17) is 0 Å². The summed E-state index contributed by atoms with van der Waals surface area (Å²) < 4.78 is 0.978. The average Bonchev–Trinajstić information content (AvgIpc) is 2.63. The lowest BCUT2D eigenvalue weighted by atomic mass is 10.0. The van der Waals surface area contributed by atoms with Crippen LogP contribution in [0, 0.1) is 13.8 Å². The van der Waals surface area contributed by atoms with Gasteiger partial charge >= 0.3 is 0 Å². The van der Waals surface area contributed by atoms with Crippen LogP contribution < -0.4 is 0 Å². The lowest BCUT2D eigenvalue weighted by molar-refractivity contribution is 0.0997. The highest BCUT2D eigenvalue weighted by atomic mass is 79.9. The SMILES string of the molecule is Cc1cc(C)cc(CC(=O)c2cc(Br)cs2)c1. The number of rotatable bonds is 3. The number of ketones is 1. The molecule has 1 heterocycles. The van der Waals surface area contributed by atoms with E-state index < -0.39 is 0 Å². The Bertz CT molecular complexity index is 537. The molecule has 0 saturated carbocycles. The first-order valence-corrected chi connectivity index (χ1v) is 7.06. The van der Waals surface area contributed by atoms with Crippen LogP contribution in [0.15, 0.2) is 34.1 Å². The zero-order chi connectivity index (χ0) is 12.4. The van der Waals surface area contributed by atoms with Gasteiger partial charge in [0.15, 0.2) is 5.78 Å². The van der Waals surface area contributed by atoms with E-state index in [2.05, 4.69) is 48.0 Å². The van der Waals surface area contributed by atoms with Crippen molar-refractivity contribution in [2.45, 2.75) is 20.3 Å². The van der Waals surface area contributed by atoms with Crippen molar-refractivity contribution in [2.75, 3.05) is 0 Å². The summed E-state index contributed by atoms with van der Waals surface area (Å²) >= 11 is 4.86. The highest BCUT2D eigenvalue weighted by molar-refractivity contribution is 9.10. The van der Waals surface area contributed by atoms with Crippen molar-refractivity contribution in [3.05, 3.63) is 55.7 Å². The van der Waals surface area contributed by atoms with Gasteiger partial charge in [0.05, 0.1) is 4.88 Å². The van der Waals surface area contributed by atoms with Crippen LogP contribution in [0.3, 0.4) is 0 Å². The zero-order valence-corrected chi connectivity index (χ0v) is 12.2. The molecule has 0 saturated heterocycles. The summed E-state index contributed by atoms with van der Waals surface area (Å²) in [5.74, 6) is 0.186. The van der Waals surface area contributed by atoms with Crippen molar-refractivity contribution in [1.29, 1.82) is 0 Å². The van der Waals surface area contributed by atoms with Crippen molar-refractivity contribution in [3.8, 4) is 0 Å². The van der Waals surface area contributed by atoms with E-state index in [-0.39, 0.29) is 5.78 Å². The number of halogens is 1.